The van der Waals surface area contributed by atoms with Crippen LogP contribution in [0.15, 0.2) is 63.9 Å². The Morgan fingerprint density at radius 1 is 1.00 bits per heavy atom. The first-order valence-corrected chi connectivity index (χ1v) is 9.99. The summed E-state index contributed by atoms with van der Waals surface area (Å²) in [4.78, 5) is 31.8. The Bertz CT molecular complexity index is 1300. The highest BCUT2D eigenvalue weighted by molar-refractivity contribution is 5.91. The van der Waals surface area contributed by atoms with E-state index in [1.54, 1.807) is 4.90 Å². The Kier molecular flexibility index (Phi) is 4.70. The number of fused-ring (bicyclic) bond motifs is 1. The van der Waals surface area contributed by atoms with Crippen LogP contribution in [0.25, 0.3) is 11.4 Å². The molecule has 0 spiro atoms. The van der Waals surface area contributed by atoms with Gasteiger partial charge in [0.1, 0.15) is 6.54 Å². The number of amides is 1. The van der Waals surface area contributed by atoms with E-state index in [9.17, 15) is 9.59 Å². The number of benzene rings is 2. The lowest BCUT2D eigenvalue weighted by Gasteiger charge is -2.26. The van der Waals surface area contributed by atoms with E-state index < -0.39 is 0 Å². The number of nitrogens with zero attached hydrogens (tertiary/aromatic N) is 6. The van der Waals surface area contributed by atoms with Gasteiger partial charge in [0, 0.05) is 25.2 Å². The molecule has 0 N–H and O–H groups in total. The predicted octanol–water partition coefficient (Wildman–Crippen LogP) is 2.11. The molecule has 0 bridgehead atoms. The fraction of sp³-hybridized carbons (Fsp3) is 0.227. The summed E-state index contributed by atoms with van der Waals surface area (Å²) < 4.78 is 7.89. The molecule has 3 heterocycles. The molecule has 0 atom stereocenters. The van der Waals surface area contributed by atoms with E-state index in [0.29, 0.717) is 25.5 Å². The zero-order chi connectivity index (χ0) is 21.4. The summed E-state index contributed by atoms with van der Waals surface area (Å²) in [6, 6.07) is 17.4. The van der Waals surface area contributed by atoms with Crippen molar-refractivity contribution >= 4 is 5.91 Å². The molecule has 1 amide bonds. The Balaban J connectivity index is 1.36. The molecule has 31 heavy (non-hydrogen) atoms. The number of hydrogen-bond donors (Lipinski definition) is 0. The second-order valence-corrected chi connectivity index (χ2v) is 7.51. The first kappa shape index (κ1) is 19.0. The molecule has 0 aliphatic carbocycles. The predicted molar refractivity (Wildman–Crippen MR) is 111 cm³/mol. The lowest BCUT2D eigenvalue weighted by atomic mass is 10.1. The van der Waals surface area contributed by atoms with Crippen LogP contribution in [-0.4, -0.2) is 41.8 Å². The number of aromatic nitrogens is 5. The SMILES string of the molecule is Cc1cccc(CN2CCn3c(nn(Cc4nc(-c5ccccc5)no4)c3=O)C2=O)c1. The Morgan fingerprint density at radius 2 is 1.84 bits per heavy atom. The average Bonchev–Trinajstić information content (AvgIpc) is 3.37. The van der Waals surface area contributed by atoms with E-state index in [2.05, 4.69) is 15.2 Å². The standard InChI is InChI=1S/C22H20N6O3/c1-15-6-5-7-16(12-15)13-26-10-11-27-20(21(26)29)24-28(22(27)30)14-18-23-19(25-31-18)17-8-3-2-4-9-17/h2-9,12H,10-11,13-14H2,1H3. The quantitative estimate of drug-likeness (QED) is 0.494. The minimum absolute atomic E-state index is 0.00380. The highest BCUT2D eigenvalue weighted by Gasteiger charge is 2.30. The number of carbonyl (C=O) groups excluding carboxylic acids is 1. The van der Waals surface area contributed by atoms with Gasteiger partial charge < -0.3 is 9.42 Å². The number of aryl methyl sites for hydroxylation is 1. The first-order chi connectivity index (χ1) is 15.1. The highest BCUT2D eigenvalue weighted by atomic mass is 16.5. The van der Waals surface area contributed by atoms with Crippen LogP contribution in [0.4, 0.5) is 0 Å². The van der Waals surface area contributed by atoms with Gasteiger partial charge in [0.2, 0.25) is 17.5 Å². The molecule has 1 aliphatic rings. The fourth-order valence-electron chi connectivity index (χ4n) is 3.70. The second kappa shape index (κ2) is 7.67. The van der Waals surface area contributed by atoms with Gasteiger partial charge in [0.05, 0.1) is 0 Å². The molecule has 4 aromatic rings. The van der Waals surface area contributed by atoms with E-state index in [-0.39, 0.29) is 29.9 Å². The van der Waals surface area contributed by atoms with E-state index >= 15 is 0 Å². The van der Waals surface area contributed by atoms with Crippen molar-refractivity contribution in [1.82, 2.24) is 29.4 Å². The van der Waals surface area contributed by atoms with Gasteiger partial charge in [-0.1, -0.05) is 65.3 Å². The zero-order valence-electron chi connectivity index (χ0n) is 16.9. The maximum absolute atomic E-state index is 13.0. The van der Waals surface area contributed by atoms with Crippen molar-refractivity contribution in [2.75, 3.05) is 6.54 Å². The van der Waals surface area contributed by atoms with Gasteiger partial charge in [-0.05, 0) is 12.5 Å². The Morgan fingerprint density at radius 3 is 2.65 bits per heavy atom. The molecule has 2 aromatic heterocycles. The van der Waals surface area contributed by atoms with Crippen molar-refractivity contribution in [2.24, 2.45) is 0 Å². The molecule has 5 rings (SSSR count). The average molecular weight is 416 g/mol. The van der Waals surface area contributed by atoms with E-state index in [1.165, 1.54) is 9.25 Å². The van der Waals surface area contributed by atoms with Gasteiger partial charge in [-0.2, -0.15) is 4.98 Å². The summed E-state index contributed by atoms with van der Waals surface area (Å²) in [7, 11) is 0. The summed E-state index contributed by atoms with van der Waals surface area (Å²) in [5, 5.41) is 8.23. The molecule has 1 aliphatic heterocycles. The van der Waals surface area contributed by atoms with E-state index in [4.69, 9.17) is 4.52 Å². The van der Waals surface area contributed by atoms with Crippen molar-refractivity contribution in [1.29, 1.82) is 0 Å². The number of hydrogen-bond acceptors (Lipinski definition) is 6. The summed E-state index contributed by atoms with van der Waals surface area (Å²) in [5.41, 5.74) is 2.63. The summed E-state index contributed by atoms with van der Waals surface area (Å²) in [6.45, 7) is 3.34. The third-order valence-electron chi connectivity index (χ3n) is 5.24. The summed E-state index contributed by atoms with van der Waals surface area (Å²) in [6.07, 6.45) is 0. The molecular formula is C22H20N6O3. The van der Waals surface area contributed by atoms with Gasteiger partial charge in [-0.25, -0.2) is 9.48 Å². The van der Waals surface area contributed by atoms with Gasteiger partial charge in [0.25, 0.3) is 5.91 Å². The maximum Gasteiger partial charge on any atom is 0.346 e. The van der Waals surface area contributed by atoms with E-state index in [0.717, 1.165) is 16.7 Å². The van der Waals surface area contributed by atoms with Crippen LogP contribution in [0.2, 0.25) is 0 Å². The lowest BCUT2D eigenvalue weighted by Crippen LogP contribution is -2.42. The van der Waals surface area contributed by atoms with Crippen molar-refractivity contribution in [3.63, 3.8) is 0 Å². The maximum atomic E-state index is 13.0. The van der Waals surface area contributed by atoms with Crippen LogP contribution in [0, 0.1) is 6.92 Å². The summed E-state index contributed by atoms with van der Waals surface area (Å²) in [5.74, 6) is 0.555. The van der Waals surface area contributed by atoms with E-state index in [1.807, 2.05) is 61.5 Å². The van der Waals surface area contributed by atoms with Crippen molar-refractivity contribution in [3.8, 4) is 11.4 Å². The third kappa shape index (κ3) is 3.65. The summed E-state index contributed by atoms with van der Waals surface area (Å²) >= 11 is 0. The molecule has 0 unspecified atom stereocenters. The molecule has 9 heteroatoms. The molecule has 9 nitrogen and oxygen atoms in total. The van der Waals surface area contributed by atoms with Crippen LogP contribution in [-0.2, 0) is 19.6 Å². The van der Waals surface area contributed by atoms with Crippen LogP contribution >= 0.6 is 0 Å². The minimum atomic E-state index is -0.363. The first-order valence-electron chi connectivity index (χ1n) is 9.99. The van der Waals surface area contributed by atoms with Crippen LogP contribution < -0.4 is 5.69 Å². The van der Waals surface area contributed by atoms with Crippen molar-refractivity contribution in [3.05, 3.63) is 87.9 Å². The van der Waals surface area contributed by atoms with Crippen LogP contribution in [0.3, 0.4) is 0 Å². The Hall–Kier alpha value is -4.01. The molecule has 0 saturated heterocycles. The molecule has 2 aromatic carbocycles. The molecule has 0 fully saturated rings. The normalized spacial score (nSPS) is 13.5. The van der Waals surface area contributed by atoms with Gasteiger partial charge >= 0.3 is 5.69 Å². The monoisotopic (exact) mass is 416 g/mol. The number of carbonyl (C=O) groups is 1. The molecular weight excluding hydrogens is 396 g/mol. The highest BCUT2D eigenvalue weighted by Crippen LogP contribution is 2.16. The molecule has 0 radical (unpaired) electrons. The minimum Gasteiger partial charge on any atom is -0.337 e. The molecule has 156 valence electrons. The van der Waals surface area contributed by atoms with Crippen molar-refractivity contribution < 1.29 is 9.32 Å². The van der Waals surface area contributed by atoms with Gasteiger partial charge in [-0.15, -0.1) is 5.10 Å². The fourth-order valence-corrected chi connectivity index (χ4v) is 3.70. The number of rotatable bonds is 5. The van der Waals surface area contributed by atoms with Crippen LogP contribution in [0.1, 0.15) is 27.6 Å². The topological polar surface area (TPSA) is 99.0 Å². The largest absolute Gasteiger partial charge is 0.346 e. The smallest absolute Gasteiger partial charge is 0.337 e. The Labute approximate surface area is 177 Å². The third-order valence-corrected chi connectivity index (χ3v) is 5.24. The lowest BCUT2D eigenvalue weighted by molar-refractivity contribution is 0.0681. The second-order valence-electron chi connectivity index (χ2n) is 7.51. The zero-order valence-corrected chi connectivity index (χ0v) is 16.9. The van der Waals surface area contributed by atoms with Gasteiger partial charge in [0.15, 0.2) is 0 Å². The van der Waals surface area contributed by atoms with Gasteiger partial charge in [-0.3, -0.25) is 9.36 Å². The van der Waals surface area contributed by atoms with Crippen LogP contribution in [0.5, 0.6) is 0 Å². The van der Waals surface area contributed by atoms with Crippen molar-refractivity contribution in [2.45, 2.75) is 26.6 Å². The molecule has 0 saturated carbocycles.